The van der Waals surface area contributed by atoms with E-state index in [0.29, 0.717) is 5.41 Å². The molecule has 106 valence electrons. The fourth-order valence-electron chi connectivity index (χ4n) is 3.84. The zero-order chi connectivity index (χ0) is 13.2. The minimum Gasteiger partial charge on any atom is -0.315 e. The fraction of sp³-hybridized carbons (Fsp3) is 1.00. The summed E-state index contributed by atoms with van der Waals surface area (Å²) in [6, 6.07) is 1.52. The van der Waals surface area contributed by atoms with Gasteiger partial charge in [-0.2, -0.15) is 0 Å². The van der Waals surface area contributed by atoms with Gasteiger partial charge >= 0.3 is 0 Å². The molecule has 2 aliphatic rings. The van der Waals surface area contributed by atoms with Gasteiger partial charge in [-0.3, -0.25) is 4.90 Å². The molecule has 1 saturated heterocycles. The highest BCUT2D eigenvalue weighted by atomic mass is 15.2. The van der Waals surface area contributed by atoms with Gasteiger partial charge in [-0.25, -0.2) is 0 Å². The average Bonchev–Trinajstić information content (AvgIpc) is 2.39. The van der Waals surface area contributed by atoms with E-state index in [1.807, 2.05) is 0 Å². The molecule has 2 heteroatoms. The largest absolute Gasteiger partial charge is 0.315 e. The van der Waals surface area contributed by atoms with E-state index < -0.39 is 0 Å². The highest BCUT2D eigenvalue weighted by Crippen LogP contribution is 2.37. The summed E-state index contributed by atoms with van der Waals surface area (Å²) in [6.07, 6.45) is 8.30. The Morgan fingerprint density at radius 2 is 1.89 bits per heavy atom. The van der Waals surface area contributed by atoms with E-state index in [2.05, 4.69) is 38.0 Å². The van der Waals surface area contributed by atoms with Gasteiger partial charge < -0.3 is 5.32 Å². The van der Waals surface area contributed by atoms with Gasteiger partial charge in [-0.1, -0.05) is 27.2 Å². The van der Waals surface area contributed by atoms with Crippen LogP contribution in [0.25, 0.3) is 0 Å². The second-order valence-electron chi connectivity index (χ2n) is 7.08. The molecule has 0 spiro atoms. The number of hydrogen-bond donors (Lipinski definition) is 1. The molecule has 0 aromatic heterocycles. The van der Waals surface area contributed by atoms with Gasteiger partial charge in [0.2, 0.25) is 0 Å². The van der Waals surface area contributed by atoms with Crippen molar-refractivity contribution in [2.75, 3.05) is 20.1 Å². The summed E-state index contributed by atoms with van der Waals surface area (Å²) in [4.78, 5) is 2.79. The lowest BCUT2D eigenvalue weighted by Crippen LogP contribution is -2.55. The zero-order valence-electron chi connectivity index (χ0n) is 12.8. The van der Waals surface area contributed by atoms with Crippen LogP contribution >= 0.6 is 0 Å². The minimum absolute atomic E-state index is 0.617. The second-order valence-corrected chi connectivity index (χ2v) is 7.08. The van der Waals surface area contributed by atoms with Crippen LogP contribution in [-0.4, -0.2) is 37.1 Å². The summed E-state index contributed by atoms with van der Waals surface area (Å²) in [7, 11) is 2.15. The molecule has 18 heavy (non-hydrogen) atoms. The molecule has 0 radical (unpaired) electrons. The molecule has 0 aromatic carbocycles. The maximum absolute atomic E-state index is 3.56. The molecular weight excluding hydrogens is 220 g/mol. The van der Waals surface area contributed by atoms with Crippen LogP contribution in [0.5, 0.6) is 0 Å². The van der Waals surface area contributed by atoms with Crippen LogP contribution in [0.15, 0.2) is 0 Å². The lowest BCUT2D eigenvalue weighted by Gasteiger charge is -2.47. The van der Waals surface area contributed by atoms with Crippen LogP contribution in [0.3, 0.4) is 0 Å². The van der Waals surface area contributed by atoms with Gasteiger partial charge in [-0.05, 0) is 63.6 Å². The highest BCUT2D eigenvalue weighted by molar-refractivity contribution is 4.93. The Morgan fingerprint density at radius 1 is 1.22 bits per heavy atom. The quantitative estimate of drug-likeness (QED) is 0.829. The predicted octanol–water partition coefficient (Wildman–Crippen LogP) is 3.28. The van der Waals surface area contributed by atoms with Crippen molar-refractivity contribution in [2.45, 2.75) is 71.4 Å². The third-order valence-corrected chi connectivity index (χ3v) is 5.78. The molecule has 2 rings (SSSR count). The standard InChI is InChI=1S/C16H32N2/c1-5-16(3)8-10-18(11-9-16)15-12-13(2)6-7-14(15)17-4/h13-15,17H,5-12H2,1-4H3. The summed E-state index contributed by atoms with van der Waals surface area (Å²) >= 11 is 0. The number of hydrogen-bond acceptors (Lipinski definition) is 2. The van der Waals surface area contributed by atoms with Crippen molar-refractivity contribution >= 4 is 0 Å². The highest BCUT2D eigenvalue weighted by Gasteiger charge is 2.36. The van der Waals surface area contributed by atoms with Crippen LogP contribution in [0.1, 0.15) is 59.3 Å². The second kappa shape index (κ2) is 5.92. The molecule has 0 amide bonds. The Kier molecular flexibility index (Phi) is 4.71. The number of piperidine rings is 1. The maximum Gasteiger partial charge on any atom is 0.0251 e. The molecule has 1 aliphatic heterocycles. The van der Waals surface area contributed by atoms with E-state index in [4.69, 9.17) is 0 Å². The molecule has 1 aliphatic carbocycles. The third-order valence-electron chi connectivity index (χ3n) is 5.78. The normalized spacial score (nSPS) is 37.7. The van der Waals surface area contributed by atoms with E-state index in [-0.39, 0.29) is 0 Å². The van der Waals surface area contributed by atoms with E-state index in [0.717, 1.165) is 18.0 Å². The minimum atomic E-state index is 0.617. The van der Waals surface area contributed by atoms with Gasteiger partial charge in [0.25, 0.3) is 0 Å². The molecule has 0 bridgehead atoms. The van der Waals surface area contributed by atoms with Crippen molar-refractivity contribution in [3.05, 3.63) is 0 Å². The molecule has 1 N–H and O–H groups in total. The van der Waals surface area contributed by atoms with E-state index in [1.54, 1.807) is 0 Å². The zero-order valence-corrected chi connectivity index (χ0v) is 12.8. The van der Waals surface area contributed by atoms with Gasteiger partial charge in [0.15, 0.2) is 0 Å². The summed E-state index contributed by atoms with van der Waals surface area (Å²) in [5, 5.41) is 3.56. The predicted molar refractivity (Wildman–Crippen MR) is 78.9 cm³/mol. The SMILES string of the molecule is CCC1(C)CCN(C2CC(C)CCC2NC)CC1. The molecule has 2 fully saturated rings. The van der Waals surface area contributed by atoms with Crippen LogP contribution in [0.2, 0.25) is 0 Å². The number of rotatable bonds is 3. The first-order valence-electron chi connectivity index (χ1n) is 7.99. The first kappa shape index (κ1) is 14.3. The van der Waals surface area contributed by atoms with Crippen molar-refractivity contribution in [3.8, 4) is 0 Å². The Labute approximate surface area is 114 Å². The molecule has 2 nitrogen and oxygen atoms in total. The molecule has 1 saturated carbocycles. The van der Waals surface area contributed by atoms with Crippen molar-refractivity contribution in [2.24, 2.45) is 11.3 Å². The summed E-state index contributed by atoms with van der Waals surface area (Å²) in [5.41, 5.74) is 0.617. The number of likely N-dealkylation sites (tertiary alicyclic amines) is 1. The van der Waals surface area contributed by atoms with E-state index in [1.165, 1.54) is 51.6 Å². The Hall–Kier alpha value is -0.0800. The number of nitrogens with one attached hydrogen (secondary N) is 1. The smallest absolute Gasteiger partial charge is 0.0251 e. The van der Waals surface area contributed by atoms with Crippen molar-refractivity contribution in [1.29, 1.82) is 0 Å². The van der Waals surface area contributed by atoms with Crippen LogP contribution in [0, 0.1) is 11.3 Å². The van der Waals surface area contributed by atoms with E-state index >= 15 is 0 Å². The monoisotopic (exact) mass is 252 g/mol. The number of nitrogens with zero attached hydrogens (tertiary/aromatic N) is 1. The molecule has 0 aromatic rings. The van der Waals surface area contributed by atoms with Crippen molar-refractivity contribution in [1.82, 2.24) is 10.2 Å². The van der Waals surface area contributed by atoms with Crippen LogP contribution in [-0.2, 0) is 0 Å². The van der Waals surface area contributed by atoms with Crippen molar-refractivity contribution < 1.29 is 0 Å². The van der Waals surface area contributed by atoms with E-state index in [9.17, 15) is 0 Å². The lowest BCUT2D eigenvalue weighted by atomic mass is 9.76. The van der Waals surface area contributed by atoms with Gasteiger partial charge in [0.05, 0.1) is 0 Å². The molecule has 3 atom stereocenters. The van der Waals surface area contributed by atoms with Crippen molar-refractivity contribution in [3.63, 3.8) is 0 Å². The third kappa shape index (κ3) is 3.08. The summed E-state index contributed by atoms with van der Waals surface area (Å²) < 4.78 is 0. The van der Waals surface area contributed by atoms with Gasteiger partial charge in [-0.15, -0.1) is 0 Å². The first-order valence-corrected chi connectivity index (χ1v) is 7.99. The maximum atomic E-state index is 3.56. The molecular formula is C16H32N2. The lowest BCUT2D eigenvalue weighted by molar-refractivity contribution is 0.0411. The first-order chi connectivity index (χ1) is 8.58. The number of likely N-dealkylation sites (N-methyl/N-ethyl adjacent to an activating group) is 1. The molecule has 1 heterocycles. The summed E-state index contributed by atoms with van der Waals surface area (Å²) in [5.74, 6) is 0.916. The Morgan fingerprint density at radius 3 is 2.44 bits per heavy atom. The van der Waals surface area contributed by atoms with Crippen LogP contribution < -0.4 is 5.32 Å². The Balaban J connectivity index is 1.94. The van der Waals surface area contributed by atoms with Gasteiger partial charge in [0.1, 0.15) is 0 Å². The summed E-state index contributed by atoms with van der Waals surface area (Å²) in [6.45, 7) is 9.90. The van der Waals surface area contributed by atoms with Gasteiger partial charge in [0, 0.05) is 12.1 Å². The van der Waals surface area contributed by atoms with Crippen LogP contribution in [0.4, 0.5) is 0 Å². The Bertz CT molecular complexity index is 256. The topological polar surface area (TPSA) is 15.3 Å². The molecule has 3 unspecified atom stereocenters. The average molecular weight is 252 g/mol. The fourth-order valence-corrected chi connectivity index (χ4v) is 3.84.